The van der Waals surface area contributed by atoms with E-state index in [2.05, 4.69) is 15.2 Å². The van der Waals surface area contributed by atoms with Gasteiger partial charge in [0.15, 0.2) is 0 Å². The minimum atomic E-state index is -4.56. The zero-order chi connectivity index (χ0) is 25.5. The van der Waals surface area contributed by atoms with Crippen LogP contribution in [0.3, 0.4) is 0 Å². The van der Waals surface area contributed by atoms with Gasteiger partial charge in [0.1, 0.15) is 11.4 Å². The maximum absolute atomic E-state index is 13.5. The van der Waals surface area contributed by atoms with Crippen molar-refractivity contribution in [3.8, 4) is 16.9 Å². The van der Waals surface area contributed by atoms with Crippen LogP contribution in [-0.2, 0) is 11.0 Å². The molecule has 0 aliphatic carbocycles. The number of rotatable bonds is 4. The summed E-state index contributed by atoms with van der Waals surface area (Å²) in [5, 5.41) is 6.75. The predicted molar refractivity (Wildman–Crippen MR) is 124 cm³/mol. The monoisotopic (exact) mass is 499 g/mol. The number of amides is 2. The number of nitrogens with one attached hydrogen (secondary N) is 1. The van der Waals surface area contributed by atoms with Gasteiger partial charge in [-0.1, -0.05) is 0 Å². The number of carbonyl (C=O) groups is 2. The molecule has 188 valence electrons. The van der Waals surface area contributed by atoms with Gasteiger partial charge in [-0.05, 0) is 43.5 Å². The van der Waals surface area contributed by atoms with Crippen LogP contribution < -0.4 is 9.64 Å². The number of pyridine rings is 1. The van der Waals surface area contributed by atoms with Gasteiger partial charge in [-0.15, -0.1) is 0 Å². The number of alkyl halides is 3. The summed E-state index contributed by atoms with van der Waals surface area (Å²) in [6, 6.07) is 7.58. The van der Waals surface area contributed by atoms with Crippen LogP contribution in [0, 0.1) is 5.41 Å². The second-order valence-electron chi connectivity index (χ2n) is 9.08. The smallest absolute Gasteiger partial charge is 0.433 e. The van der Waals surface area contributed by atoms with E-state index >= 15 is 0 Å². The van der Waals surface area contributed by atoms with Gasteiger partial charge in [0.2, 0.25) is 5.91 Å². The largest absolute Gasteiger partial charge is 0.496 e. The Morgan fingerprint density at radius 3 is 2.44 bits per heavy atom. The highest BCUT2D eigenvalue weighted by Gasteiger charge is 2.49. The fraction of sp³-hybridized carbons (Fsp3) is 0.360. The van der Waals surface area contributed by atoms with Crippen LogP contribution in [0.1, 0.15) is 35.3 Å². The molecule has 1 spiro atoms. The Morgan fingerprint density at radius 2 is 1.83 bits per heavy atom. The Bertz CT molecular complexity index is 1270. The van der Waals surface area contributed by atoms with E-state index in [4.69, 9.17) is 4.74 Å². The first-order valence-electron chi connectivity index (χ1n) is 11.5. The molecule has 0 unspecified atom stereocenters. The third kappa shape index (κ3) is 4.18. The molecule has 4 heterocycles. The Balaban J connectivity index is 1.27. The third-order valence-electron chi connectivity index (χ3n) is 7.13. The normalized spacial score (nSPS) is 17.6. The average Bonchev–Trinajstić information content (AvgIpc) is 3.52. The number of benzene rings is 1. The molecule has 0 bridgehead atoms. The van der Waals surface area contributed by atoms with Gasteiger partial charge >= 0.3 is 6.18 Å². The highest BCUT2D eigenvalue weighted by atomic mass is 19.4. The summed E-state index contributed by atoms with van der Waals surface area (Å²) in [6.07, 6.45) is 1.52. The number of carbonyl (C=O) groups excluding carboxylic acids is 2. The lowest BCUT2D eigenvalue weighted by Gasteiger charge is -2.38. The summed E-state index contributed by atoms with van der Waals surface area (Å²) in [5.74, 6) is 0.269. The zero-order valence-corrected chi connectivity index (χ0v) is 19.5. The molecule has 2 aromatic heterocycles. The van der Waals surface area contributed by atoms with Crippen molar-refractivity contribution in [2.24, 2.45) is 5.41 Å². The number of halogens is 3. The van der Waals surface area contributed by atoms with Crippen molar-refractivity contribution in [3.05, 3.63) is 60.2 Å². The van der Waals surface area contributed by atoms with Gasteiger partial charge in [-0.2, -0.15) is 18.3 Å². The lowest BCUT2D eigenvalue weighted by atomic mass is 9.77. The molecule has 1 aromatic carbocycles. The van der Waals surface area contributed by atoms with E-state index in [1.165, 1.54) is 0 Å². The summed E-state index contributed by atoms with van der Waals surface area (Å²) in [6.45, 7) is 1.26. The van der Waals surface area contributed by atoms with Gasteiger partial charge in [0.05, 0.1) is 24.3 Å². The topological polar surface area (TPSA) is 91.4 Å². The maximum Gasteiger partial charge on any atom is 0.433 e. The summed E-state index contributed by atoms with van der Waals surface area (Å²) < 4.78 is 43.8. The molecule has 36 heavy (non-hydrogen) atoms. The van der Waals surface area contributed by atoms with Crippen LogP contribution in [-0.4, -0.2) is 58.6 Å². The first-order chi connectivity index (χ1) is 17.2. The van der Waals surface area contributed by atoms with Crippen molar-refractivity contribution in [2.75, 3.05) is 31.6 Å². The van der Waals surface area contributed by atoms with Crippen LogP contribution >= 0.6 is 0 Å². The molecule has 3 aromatic rings. The average molecular weight is 499 g/mol. The zero-order valence-electron chi connectivity index (χ0n) is 19.5. The van der Waals surface area contributed by atoms with Gasteiger partial charge in [0, 0.05) is 54.9 Å². The van der Waals surface area contributed by atoms with Crippen LogP contribution in [0.5, 0.6) is 5.75 Å². The van der Waals surface area contributed by atoms with Crippen molar-refractivity contribution in [1.29, 1.82) is 0 Å². The maximum atomic E-state index is 13.5. The number of nitrogens with zero attached hydrogens (tertiary/aromatic N) is 4. The molecule has 2 saturated heterocycles. The molecule has 5 rings (SSSR count). The second kappa shape index (κ2) is 8.96. The van der Waals surface area contributed by atoms with E-state index in [1.54, 1.807) is 29.3 Å². The minimum absolute atomic E-state index is 0.0175. The summed E-state index contributed by atoms with van der Waals surface area (Å²) >= 11 is 0. The van der Waals surface area contributed by atoms with Crippen LogP contribution in [0.4, 0.5) is 18.9 Å². The molecule has 2 aliphatic heterocycles. The van der Waals surface area contributed by atoms with E-state index in [9.17, 15) is 22.8 Å². The lowest BCUT2D eigenvalue weighted by molar-refractivity contribution is -0.141. The van der Waals surface area contributed by atoms with Crippen molar-refractivity contribution in [1.82, 2.24) is 20.1 Å². The number of anilines is 1. The van der Waals surface area contributed by atoms with E-state index < -0.39 is 17.3 Å². The van der Waals surface area contributed by atoms with Crippen molar-refractivity contribution < 1.29 is 27.5 Å². The molecular formula is C25H24F3N5O3. The quantitative estimate of drug-likeness (QED) is 0.582. The number of piperidine rings is 1. The standard InChI is InChI=1S/C25H24F3N5O3/c1-36-20-12-18(3-4-19(20)17-14-30-31-15-17)33-11-8-24(23(33)35)6-9-32(10-7-24)22(34)16-2-5-21(29-13-16)25(26,27)28/h2-5,12-15H,6-11H2,1H3,(H,30,31). The molecule has 8 nitrogen and oxygen atoms in total. The number of ether oxygens (including phenoxy) is 1. The van der Waals surface area contributed by atoms with Crippen molar-refractivity contribution >= 4 is 17.5 Å². The molecule has 0 radical (unpaired) electrons. The molecule has 0 saturated carbocycles. The number of hydrogen-bond acceptors (Lipinski definition) is 5. The Kier molecular flexibility index (Phi) is 5.93. The molecule has 1 N–H and O–H groups in total. The van der Waals surface area contributed by atoms with Crippen LogP contribution in [0.25, 0.3) is 11.1 Å². The predicted octanol–water partition coefficient (Wildman–Crippen LogP) is 4.16. The van der Waals surface area contributed by atoms with E-state index in [-0.39, 0.29) is 17.4 Å². The third-order valence-corrected chi connectivity index (χ3v) is 7.13. The minimum Gasteiger partial charge on any atom is -0.496 e. The first kappa shape index (κ1) is 23.8. The van der Waals surface area contributed by atoms with Crippen molar-refractivity contribution in [3.63, 3.8) is 0 Å². The SMILES string of the molecule is COc1cc(N2CCC3(CCN(C(=O)c4ccc(C(F)(F)F)nc4)CC3)C2=O)ccc1-c1cn[nH]c1. The number of likely N-dealkylation sites (tertiary alicyclic amines) is 1. The lowest BCUT2D eigenvalue weighted by Crippen LogP contribution is -2.46. The first-order valence-corrected chi connectivity index (χ1v) is 11.5. The highest BCUT2D eigenvalue weighted by molar-refractivity contribution is 6.01. The van der Waals surface area contributed by atoms with Crippen LogP contribution in [0.2, 0.25) is 0 Å². The van der Waals surface area contributed by atoms with E-state index in [0.29, 0.717) is 44.6 Å². The fourth-order valence-corrected chi connectivity index (χ4v) is 5.02. The fourth-order valence-electron chi connectivity index (χ4n) is 5.02. The van der Waals surface area contributed by atoms with Gasteiger partial charge in [-0.25, -0.2) is 0 Å². The summed E-state index contributed by atoms with van der Waals surface area (Å²) in [7, 11) is 1.58. The molecule has 2 aliphatic rings. The van der Waals surface area contributed by atoms with E-state index in [0.717, 1.165) is 35.1 Å². The Hall–Kier alpha value is -3.89. The molecule has 11 heteroatoms. The summed E-state index contributed by atoms with van der Waals surface area (Å²) in [5.41, 5.74) is 0.982. The van der Waals surface area contributed by atoms with Crippen LogP contribution in [0.15, 0.2) is 48.9 Å². The number of aromatic nitrogens is 3. The number of hydrogen-bond donors (Lipinski definition) is 1. The van der Waals surface area contributed by atoms with Gasteiger partial charge in [0.25, 0.3) is 5.91 Å². The second-order valence-corrected chi connectivity index (χ2v) is 9.08. The molecular weight excluding hydrogens is 475 g/mol. The molecule has 2 amide bonds. The number of methoxy groups -OCH3 is 1. The molecule has 2 fully saturated rings. The Morgan fingerprint density at radius 1 is 1.08 bits per heavy atom. The Labute approximate surface area is 205 Å². The number of aromatic amines is 1. The van der Waals surface area contributed by atoms with Gasteiger partial charge < -0.3 is 14.5 Å². The van der Waals surface area contributed by atoms with E-state index in [1.807, 2.05) is 18.2 Å². The number of H-pyrrole nitrogens is 1. The highest BCUT2D eigenvalue weighted by Crippen LogP contribution is 2.44. The van der Waals surface area contributed by atoms with Crippen molar-refractivity contribution in [2.45, 2.75) is 25.4 Å². The summed E-state index contributed by atoms with van der Waals surface area (Å²) in [4.78, 5) is 33.1. The van der Waals surface area contributed by atoms with Gasteiger partial charge in [-0.3, -0.25) is 19.7 Å². The molecule has 0 atom stereocenters.